The van der Waals surface area contributed by atoms with Gasteiger partial charge in [-0.2, -0.15) is 8.78 Å². The van der Waals surface area contributed by atoms with Gasteiger partial charge in [-0.15, -0.1) is 0 Å². The van der Waals surface area contributed by atoms with Crippen LogP contribution in [0.5, 0.6) is 5.75 Å². The number of aliphatic hydroxyl groups is 1. The molecule has 0 aliphatic heterocycles. The van der Waals surface area contributed by atoms with Gasteiger partial charge in [0.1, 0.15) is 11.9 Å². The molecule has 2 aromatic rings. The summed E-state index contributed by atoms with van der Waals surface area (Å²) in [7, 11) is 0. The van der Waals surface area contributed by atoms with E-state index in [0.29, 0.717) is 0 Å². The fourth-order valence-electron chi connectivity index (χ4n) is 1.88. The number of alkyl halides is 2. The van der Waals surface area contributed by atoms with Gasteiger partial charge < -0.3 is 9.84 Å². The molecule has 0 spiro atoms. The summed E-state index contributed by atoms with van der Waals surface area (Å²) < 4.78 is 55.5. The first-order valence-corrected chi connectivity index (χ1v) is 6.07. The van der Waals surface area contributed by atoms with E-state index in [1.54, 1.807) is 0 Å². The van der Waals surface area contributed by atoms with E-state index in [9.17, 15) is 22.7 Å². The van der Waals surface area contributed by atoms with Crippen molar-refractivity contribution < 1.29 is 27.4 Å². The van der Waals surface area contributed by atoms with Crippen molar-refractivity contribution in [3.8, 4) is 5.75 Å². The zero-order valence-electron chi connectivity index (χ0n) is 11.0. The number of rotatable bonds is 4. The molecule has 0 fully saturated rings. The number of ether oxygens (including phenoxy) is 1. The lowest BCUT2D eigenvalue weighted by Crippen LogP contribution is -2.06. The second kappa shape index (κ2) is 6.13. The number of aliphatic hydroxyl groups excluding tert-OH is 1. The summed E-state index contributed by atoms with van der Waals surface area (Å²) in [6.07, 6.45) is -1.40. The zero-order chi connectivity index (χ0) is 15.6. The lowest BCUT2D eigenvalue weighted by Gasteiger charge is -2.14. The molecule has 0 aliphatic carbocycles. The molecule has 2 aromatic carbocycles. The molecule has 112 valence electrons. The van der Waals surface area contributed by atoms with Crippen molar-refractivity contribution >= 4 is 0 Å². The van der Waals surface area contributed by atoms with E-state index >= 15 is 0 Å². The van der Waals surface area contributed by atoms with Gasteiger partial charge in [-0.3, -0.25) is 0 Å². The number of hydrogen-bond donors (Lipinski definition) is 1. The molecule has 21 heavy (non-hydrogen) atoms. The van der Waals surface area contributed by atoms with Gasteiger partial charge in [0.25, 0.3) is 0 Å². The Balaban J connectivity index is 2.28. The van der Waals surface area contributed by atoms with E-state index in [0.717, 1.165) is 0 Å². The summed E-state index contributed by atoms with van der Waals surface area (Å²) in [6.45, 7) is -1.55. The van der Waals surface area contributed by atoms with Gasteiger partial charge in [-0.25, -0.2) is 8.78 Å². The van der Waals surface area contributed by atoms with Crippen molar-refractivity contribution in [2.24, 2.45) is 0 Å². The van der Waals surface area contributed by atoms with Gasteiger partial charge in [0.05, 0.1) is 0 Å². The Hall–Kier alpha value is -2.08. The molecule has 0 saturated heterocycles. The van der Waals surface area contributed by atoms with Crippen molar-refractivity contribution in [3.63, 3.8) is 0 Å². The Morgan fingerprint density at radius 2 is 1.57 bits per heavy atom. The van der Waals surface area contributed by atoms with Crippen molar-refractivity contribution in [1.29, 1.82) is 0 Å². The van der Waals surface area contributed by atoms with Crippen molar-refractivity contribution in [2.75, 3.05) is 0 Å². The van der Waals surface area contributed by atoms with Gasteiger partial charge in [-0.1, -0.05) is 24.3 Å². The molecular weight excluding hydrogens is 288 g/mol. The smallest absolute Gasteiger partial charge is 0.387 e. The number of halogens is 4. The minimum atomic E-state index is -2.95. The molecule has 6 heteroatoms. The molecule has 1 unspecified atom stereocenters. The van der Waals surface area contributed by atoms with Crippen molar-refractivity contribution in [1.82, 2.24) is 0 Å². The van der Waals surface area contributed by atoms with E-state index in [4.69, 9.17) is 0 Å². The van der Waals surface area contributed by atoms with Crippen LogP contribution in [0, 0.1) is 18.6 Å². The first kappa shape index (κ1) is 15.3. The molecule has 0 aliphatic rings. The maximum atomic E-state index is 13.8. The molecule has 0 radical (unpaired) electrons. The topological polar surface area (TPSA) is 29.5 Å². The third kappa shape index (κ3) is 3.33. The van der Waals surface area contributed by atoms with E-state index < -0.39 is 24.3 Å². The Labute approximate surface area is 118 Å². The summed E-state index contributed by atoms with van der Waals surface area (Å²) in [4.78, 5) is 0. The highest BCUT2D eigenvalue weighted by molar-refractivity contribution is 5.36. The van der Waals surface area contributed by atoms with E-state index in [1.165, 1.54) is 43.3 Å². The van der Waals surface area contributed by atoms with Gasteiger partial charge >= 0.3 is 6.61 Å². The van der Waals surface area contributed by atoms with Gasteiger partial charge in [0.15, 0.2) is 11.6 Å². The molecule has 0 bridgehead atoms. The third-order valence-electron chi connectivity index (χ3n) is 3.02. The van der Waals surface area contributed by atoms with Crippen LogP contribution in [0.3, 0.4) is 0 Å². The monoisotopic (exact) mass is 300 g/mol. The summed E-state index contributed by atoms with van der Waals surface area (Å²) in [6, 6.07) is 7.67. The fraction of sp³-hybridized carbons (Fsp3) is 0.200. The maximum absolute atomic E-state index is 13.8. The summed E-state index contributed by atoms with van der Waals surface area (Å²) in [5.74, 6) is -2.24. The molecule has 2 nitrogen and oxygen atoms in total. The average Bonchev–Trinajstić information content (AvgIpc) is 2.44. The summed E-state index contributed by atoms with van der Waals surface area (Å²) >= 11 is 0. The van der Waals surface area contributed by atoms with Crippen LogP contribution in [-0.2, 0) is 0 Å². The molecule has 2 rings (SSSR count). The maximum Gasteiger partial charge on any atom is 0.387 e. The Bertz CT molecular complexity index is 626. The quantitative estimate of drug-likeness (QED) is 0.866. The Kier molecular flexibility index (Phi) is 4.47. The highest BCUT2D eigenvalue weighted by Crippen LogP contribution is 2.28. The van der Waals surface area contributed by atoms with Gasteiger partial charge in [-0.05, 0) is 30.2 Å². The normalized spacial score (nSPS) is 12.5. The number of benzene rings is 2. The summed E-state index contributed by atoms with van der Waals surface area (Å²) in [5, 5.41) is 10.1. The standard InChI is InChI=1S/C15H12F4O2/c1-8-2-7-11(13(17)12(8)16)14(20)9-3-5-10(6-4-9)21-15(18)19/h2-7,14-15,20H,1H3. The minimum Gasteiger partial charge on any atom is -0.435 e. The second-order valence-corrected chi connectivity index (χ2v) is 4.45. The SMILES string of the molecule is Cc1ccc(C(O)c2ccc(OC(F)F)cc2)c(F)c1F. The van der Waals surface area contributed by atoms with Crippen LogP contribution in [-0.4, -0.2) is 11.7 Å². The predicted octanol–water partition coefficient (Wildman–Crippen LogP) is 3.96. The average molecular weight is 300 g/mol. The van der Waals surface area contributed by atoms with Crippen molar-refractivity contribution in [2.45, 2.75) is 19.6 Å². The molecule has 0 amide bonds. The van der Waals surface area contributed by atoms with Gasteiger partial charge in [0, 0.05) is 5.56 Å². The molecule has 1 N–H and O–H groups in total. The largest absolute Gasteiger partial charge is 0.435 e. The minimum absolute atomic E-state index is 0.0866. The lowest BCUT2D eigenvalue weighted by molar-refractivity contribution is -0.0498. The van der Waals surface area contributed by atoms with Crippen LogP contribution in [0.15, 0.2) is 36.4 Å². The Morgan fingerprint density at radius 1 is 0.952 bits per heavy atom. The molecule has 0 heterocycles. The first-order valence-electron chi connectivity index (χ1n) is 6.07. The van der Waals surface area contributed by atoms with E-state index in [2.05, 4.69) is 4.74 Å². The molecular formula is C15H12F4O2. The van der Waals surface area contributed by atoms with E-state index in [1.807, 2.05) is 0 Å². The van der Waals surface area contributed by atoms with Crippen LogP contribution in [0.25, 0.3) is 0 Å². The fourth-order valence-corrected chi connectivity index (χ4v) is 1.88. The number of hydrogen-bond acceptors (Lipinski definition) is 2. The van der Waals surface area contributed by atoms with Crippen LogP contribution in [0.2, 0.25) is 0 Å². The highest BCUT2D eigenvalue weighted by Gasteiger charge is 2.19. The predicted molar refractivity (Wildman–Crippen MR) is 68.2 cm³/mol. The van der Waals surface area contributed by atoms with Crippen LogP contribution < -0.4 is 4.74 Å². The zero-order valence-corrected chi connectivity index (χ0v) is 11.0. The summed E-state index contributed by atoms with van der Waals surface area (Å²) in [5.41, 5.74) is 0.142. The van der Waals surface area contributed by atoms with Crippen molar-refractivity contribution in [3.05, 3.63) is 64.7 Å². The first-order chi connectivity index (χ1) is 9.90. The van der Waals surface area contributed by atoms with E-state index in [-0.39, 0.29) is 22.4 Å². The second-order valence-electron chi connectivity index (χ2n) is 4.45. The lowest BCUT2D eigenvalue weighted by atomic mass is 9.99. The number of aryl methyl sites for hydroxylation is 1. The molecule has 0 saturated carbocycles. The van der Waals surface area contributed by atoms with Gasteiger partial charge in [0.2, 0.25) is 0 Å². The molecule has 1 atom stereocenters. The third-order valence-corrected chi connectivity index (χ3v) is 3.02. The van der Waals surface area contributed by atoms with Crippen LogP contribution >= 0.6 is 0 Å². The molecule has 0 aromatic heterocycles. The highest BCUT2D eigenvalue weighted by atomic mass is 19.3. The van der Waals surface area contributed by atoms with Crippen LogP contribution in [0.4, 0.5) is 17.6 Å². The van der Waals surface area contributed by atoms with Crippen LogP contribution in [0.1, 0.15) is 22.8 Å². The Morgan fingerprint density at radius 3 is 2.14 bits per heavy atom.